The lowest BCUT2D eigenvalue weighted by molar-refractivity contribution is -0.137. The lowest BCUT2D eigenvalue weighted by Gasteiger charge is -2.20. The molecule has 0 radical (unpaired) electrons. The van der Waals surface area contributed by atoms with Crippen molar-refractivity contribution in [3.8, 4) is 17.3 Å². The Hall–Kier alpha value is -4.02. The van der Waals surface area contributed by atoms with E-state index in [0.717, 1.165) is 24.3 Å². The van der Waals surface area contributed by atoms with Crippen LogP contribution in [0, 0.1) is 17.5 Å². The molecule has 0 fully saturated rings. The Morgan fingerprint density at radius 2 is 1.90 bits per heavy atom. The zero-order valence-electron chi connectivity index (χ0n) is 16.0. The van der Waals surface area contributed by atoms with Crippen LogP contribution in [0.5, 0.6) is 11.6 Å². The highest BCUT2D eigenvalue weighted by molar-refractivity contribution is 5.93. The first-order valence-electron chi connectivity index (χ1n) is 8.80. The van der Waals surface area contributed by atoms with Crippen molar-refractivity contribution in [1.29, 1.82) is 0 Å². The maximum Gasteiger partial charge on any atom is 0.305 e. The predicted molar refractivity (Wildman–Crippen MR) is 101 cm³/mol. The highest BCUT2D eigenvalue weighted by atomic mass is 19.1. The highest BCUT2D eigenvalue weighted by Gasteiger charge is 2.27. The van der Waals surface area contributed by atoms with Gasteiger partial charge in [0.2, 0.25) is 5.88 Å². The fourth-order valence-electron chi connectivity index (χ4n) is 2.98. The van der Waals surface area contributed by atoms with Gasteiger partial charge in [-0.25, -0.2) is 13.2 Å². The number of carbonyl (C=O) groups excluding carboxylic acids is 1. The molecule has 0 spiro atoms. The number of aliphatic carboxylic acids is 1. The number of hydrogen-bond donors (Lipinski definition) is 3. The second-order valence-electron chi connectivity index (χ2n) is 6.37. The highest BCUT2D eigenvalue weighted by Crippen LogP contribution is 2.30. The van der Waals surface area contributed by atoms with E-state index in [4.69, 9.17) is 4.74 Å². The van der Waals surface area contributed by atoms with Gasteiger partial charge in [-0.3, -0.25) is 9.59 Å². The second-order valence-corrected chi connectivity index (χ2v) is 6.37. The summed E-state index contributed by atoms with van der Waals surface area (Å²) in [5, 5.41) is 25.3. The summed E-state index contributed by atoms with van der Waals surface area (Å²) in [7, 11) is 1.26. The normalized spacial score (nSPS) is 11.7. The molecule has 1 heterocycles. The Kier molecular flexibility index (Phi) is 6.14. The Balaban J connectivity index is 1.94. The van der Waals surface area contributed by atoms with Crippen LogP contribution in [0.1, 0.15) is 28.5 Å². The van der Waals surface area contributed by atoms with Crippen LogP contribution in [0.4, 0.5) is 13.2 Å². The van der Waals surface area contributed by atoms with Crippen LogP contribution in [-0.4, -0.2) is 39.0 Å². The molecule has 1 aromatic heterocycles. The molecule has 3 rings (SSSR count). The fraction of sp³-hybridized carbons (Fsp3) is 0.150. The minimum Gasteiger partial charge on any atom is -0.496 e. The molecule has 0 aliphatic rings. The number of benzene rings is 2. The van der Waals surface area contributed by atoms with Crippen molar-refractivity contribution in [3.63, 3.8) is 0 Å². The SMILES string of the molecule is COc1cccc(F)c1C(CC(=O)O)NC(=O)c1cc(O)n(-c2ccc(F)cc2F)n1. The molecular weight excluding hydrogens is 419 g/mol. The molecular formula is C20H16F3N3O5. The van der Waals surface area contributed by atoms with Crippen molar-refractivity contribution in [1.82, 2.24) is 15.1 Å². The average molecular weight is 435 g/mol. The summed E-state index contributed by atoms with van der Waals surface area (Å²) in [4.78, 5) is 23.9. The zero-order valence-corrected chi connectivity index (χ0v) is 16.0. The number of nitrogens with zero attached hydrogens (tertiary/aromatic N) is 2. The van der Waals surface area contributed by atoms with Gasteiger partial charge >= 0.3 is 5.97 Å². The van der Waals surface area contributed by atoms with Crippen LogP contribution in [-0.2, 0) is 4.79 Å². The molecule has 1 amide bonds. The van der Waals surface area contributed by atoms with E-state index in [2.05, 4.69) is 10.4 Å². The third-order valence-electron chi connectivity index (χ3n) is 4.33. The Bertz CT molecular complexity index is 1150. The molecule has 2 aromatic carbocycles. The number of aromatic nitrogens is 2. The van der Waals surface area contributed by atoms with Crippen molar-refractivity contribution in [2.45, 2.75) is 12.5 Å². The number of halogens is 3. The lowest BCUT2D eigenvalue weighted by atomic mass is 10.0. The summed E-state index contributed by atoms with van der Waals surface area (Å²) < 4.78 is 47.2. The third kappa shape index (κ3) is 4.60. The molecule has 0 bridgehead atoms. The monoisotopic (exact) mass is 435 g/mol. The van der Waals surface area contributed by atoms with Crippen LogP contribution in [0.2, 0.25) is 0 Å². The smallest absolute Gasteiger partial charge is 0.305 e. The molecule has 3 N–H and O–H groups in total. The van der Waals surface area contributed by atoms with E-state index in [1.807, 2.05) is 0 Å². The van der Waals surface area contributed by atoms with Crippen LogP contribution >= 0.6 is 0 Å². The van der Waals surface area contributed by atoms with E-state index in [0.29, 0.717) is 10.7 Å². The number of amides is 1. The van der Waals surface area contributed by atoms with Crippen LogP contribution in [0.25, 0.3) is 5.69 Å². The summed E-state index contributed by atoms with van der Waals surface area (Å²) in [6.45, 7) is 0. The second kappa shape index (κ2) is 8.78. The zero-order chi connectivity index (χ0) is 22.7. The van der Waals surface area contributed by atoms with Gasteiger partial charge in [0.05, 0.1) is 25.1 Å². The summed E-state index contributed by atoms with van der Waals surface area (Å²) in [6.07, 6.45) is -0.678. The van der Waals surface area contributed by atoms with Gasteiger partial charge in [0.1, 0.15) is 23.1 Å². The molecule has 162 valence electrons. The number of aromatic hydroxyl groups is 1. The fourth-order valence-corrected chi connectivity index (χ4v) is 2.98. The Labute approximate surface area is 173 Å². The maximum absolute atomic E-state index is 14.4. The van der Waals surface area contributed by atoms with E-state index in [9.17, 15) is 33.0 Å². The minimum atomic E-state index is -1.34. The third-order valence-corrected chi connectivity index (χ3v) is 4.33. The van der Waals surface area contributed by atoms with Gasteiger partial charge in [-0.15, -0.1) is 0 Å². The first-order valence-corrected chi connectivity index (χ1v) is 8.80. The largest absolute Gasteiger partial charge is 0.496 e. The number of rotatable bonds is 7. The molecule has 11 heteroatoms. The van der Waals surface area contributed by atoms with Gasteiger partial charge in [-0.2, -0.15) is 9.78 Å². The van der Waals surface area contributed by atoms with Gasteiger partial charge in [0.15, 0.2) is 11.5 Å². The van der Waals surface area contributed by atoms with Crippen molar-refractivity contribution >= 4 is 11.9 Å². The number of ether oxygens (including phenoxy) is 1. The van der Waals surface area contributed by atoms with E-state index in [-0.39, 0.29) is 17.0 Å². The number of hydrogen-bond acceptors (Lipinski definition) is 5. The summed E-state index contributed by atoms with van der Waals surface area (Å²) in [5.74, 6) is -5.58. The number of carboxylic acids is 1. The Morgan fingerprint density at radius 3 is 2.55 bits per heavy atom. The molecule has 1 unspecified atom stereocenters. The first-order chi connectivity index (χ1) is 14.7. The molecule has 31 heavy (non-hydrogen) atoms. The number of nitrogens with one attached hydrogen (secondary N) is 1. The topological polar surface area (TPSA) is 114 Å². The van der Waals surface area contributed by atoms with E-state index < -0.39 is 53.4 Å². The molecule has 0 saturated carbocycles. The van der Waals surface area contributed by atoms with Crippen LogP contribution in [0.3, 0.4) is 0 Å². The first kappa shape index (κ1) is 21.7. The van der Waals surface area contributed by atoms with E-state index >= 15 is 0 Å². The van der Waals surface area contributed by atoms with Crippen molar-refractivity contribution in [2.24, 2.45) is 0 Å². The van der Waals surface area contributed by atoms with Gasteiger partial charge in [-0.1, -0.05) is 6.07 Å². The summed E-state index contributed by atoms with van der Waals surface area (Å²) in [5.41, 5.74) is -0.920. The van der Waals surface area contributed by atoms with Crippen molar-refractivity contribution in [2.75, 3.05) is 7.11 Å². The maximum atomic E-state index is 14.4. The lowest BCUT2D eigenvalue weighted by Crippen LogP contribution is -2.31. The molecule has 8 nitrogen and oxygen atoms in total. The van der Waals surface area contributed by atoms with Gasteiger partial charge in [-0.05, 0) is 24.3 Å². The number of methoxy groups -OCH3 is 1. The number of carbonyl (C=O) groups is 2. The molecule has 1 atom stereocenters. The standard InChI is InChI=1S/C20H16F3N3O5/c1-31-16-4-2-3-11(22)19(16)13(9-18(28)29)24-20(30)14-8-17(27)26(25-14)15-6-5-10(21)7-12(15)23/h2-8,13,27H,9H2,1H3,(H,24,30)(H,28,29). The van der Waals surface area contributed by atoms with Crippen molar-refractivity contribution < 1.29 is 37.7 Å². The van der Waals surface area contributed by atoms with Gasteiger partial charge in [0.25, 0.3) is 5.91 Å². The predicted octanol–water partition coefficient (Wildman–Crippen LogP) is 2.95. The summed E-state index contributed by atoms with van der Waals surface area (Å²) >= 11 is 0. The minimum absolute atomic E-state index is 0.0216. The molecule has 3 aromatic rings. The summed E-state index contributed by atoms with van der Waals surface area (Å²) in [6, 6.07) is 5.92. The molecule has 0 aliphatic carbocycles. The van der Waals surface area contributed by atoms with Crippen LogP contribution < -0.4 is 10.1 Å². The van der Waals surface area contributed by atoms with Gasteiger partial charge < -0.3 is 20.3 Å². The number of carboxylic acid groups (broad SMARTS) is 1. The van der Waals surface area contributed by atoms with Gasteiger partial charge in [0, 0.05) is 12.1 Å². The van der Waals surface area contributed by atoms with Crippen molar-refractivity contribution in [3.05, 3.63) is 71.2 Å². The molecule has 0 aliphatic heterocycles. The Morgan fingerprint density at radius 1 is 1.16 bits per heavy atom. The quantitative estimate of drug-likeness (QED) is 0.526. The van der Waals surface area contributed by atoms with E-state index in [1.165, 1.54) is 19.2 Å². The average Bonchev–Trinajstić information content (AvgIpc) is 3.08. The van der Waals surface area contributed by atoms with E-state index in [1.54, 1.807) is 0 Å². The molecule has 0 saturated heterocycles. The van der Waals surface area contributed by atoms with Crippen LogP contribution in [0.15, 0.2) is 42.5 Å².